The largest absolute Gasteiger partial charge is 0.316 e. The number of fused-ring (bicyclic) bond motifs is 1. The van der Waals surface area contributed by atoms with E-state index < -0.39 is 0 Å². The van der Waals surface area contributed by atoms with E-state index in [9.17, 15) is 4.79 Å². The summed E-state index contributed by atoms with van der Waals surface area (Å²) in [6.07, 6.45) is 5.38. The van der Waals surface area contributed by atoms with Gasteiger partial charge < -0.3 is 4.57 Å². The summed E-state index contributed by atoms with van der Waals surface area (Å²) < 4.78 is 3.13. The van der Waals surface area contributed by atoms with Gasteiger partial charge in [0.2, 0.25) is 0 Å². The van der Waals surface area contributed by atoms with Crippen molar-refractivity contribution in [3.63, 3.8) is 0 Å². The van der Waals surface area contributed by atoms with Crippen LogP contribution >= 0.6 is 46.0 Å². The number of amides is 1. The molecule has 0 N–H and O–H groups in total. The standard InChI is InChI=1S/C17H15ClN2OS3/c1-22-10-8-20-14-6-4-12(18)11-15(14)24-17(20)19-16(21)7-5-13-3-2-9-23-13/h2-7,9,11H,8,10H2,1H3. The Labute approximate surface area is 157 Å². The molecule has 24 heavy (non-hydrogen) atoms. The van der Waals surface area contributed by atoms with Gasteiger partial charge in [-0.05, 0) is 42.0 Å². The van der Waals surface area contributed by atoms with Gasteiger partial charge in [-0.15, -0.1) is 11.3 Å². The number of aryl methyl sites for hydroxylation is 1. The van der Waals surface area contributed by atoms with Crippen molar-refractivity contribution in [1.82, 2.24) is 4.57 Å². The minimum absolute atomic E-state index is 0.251. The molecular formula is C17H15ClN2OS3. The monoisotopic (exact) mass is 394 g/mol. The molecule has 124 valence electrons. The van der Waals surface area contributed by atoms with Crippen LogP contribution in [0.25, 0.3) is 16.3 Å². The van der Waals surface area contributed by atoms with Crippen molar-refractivity contribution in [2.75, 3.05) is 12.0 Å². The van der Waals surface area contributed by atoms with Gasteiger partial charge in [-0.25, -0.2) is 0 Å². The fraction of sp³-hybridized carbons (Fsp3) is 0.176. The average molecular weight is 395 g/mol. The summed E-state index contributed by atoms with van der Waals surface area (Å²) in [5.41, 5.74) is 1.06. The summed E-state index contributed by atoms with van der Waals surface area (Å²) in [4.78, 5) is 18.2. The maximum atomic E-state index is 12.2. The summed E-state index contributed by atoms with van der Waals surface area (Å²) in [5.74, 6) is 0.708. The lowest BCUT2D eigenvalue weighted by atomic mass is 10.3. The number of aromatic nitrogens is 1. The first-order valence-electron chi connectivity index (χ1n) is 7.25. The summed E-state index contributed by atoms with van der Waals surface area (Å²) in [5, 5.41) is 2.67. The molecule has 0 aliphatic carbocycles. The van der Waals surface area contributed by atoms with E-state index in [4.69, 9.17) is 11.6 Å². The Morgan fingerprint density at radius 3 is 3.04 bits per heavy atom. The van der Waals surface area contributed by atoms with Crippen molar-refractivity contribution >= 4 is 68.2 Å². The van der Waals surface area contributed by atoms with E-state index in [1.807, 2.05) is 35.7 Å². The van der Waals surface area contributed by atoms with E-state index in [0.717, 1.165) is 27.4 Å². The highest BCUT2D eigenvalue weighted by Gasteiger charge is 2.07. The number of hydrogen-bond donors (Lipinski definition) is 0. The number of rotatable bonds is 5. The van der Waals surface area contributed by atoms with Crippen molar-refractivity contribution in [2.45, 2.75) is 6.54 Å². The summed E-state index contributed by atoms with van der Waals surface area (Å²) in [6.45, 7) is 0.809. The lowest BCUT2D eigenvalue weighted by Gasteiger charge is -2.03. The van der Waals surface area contributed by atoms with E-state index >= 15 is 0 Å². The number of nitrogens with zero attached hydrogens (tertiary/aromatic N) is 2. The number of thiophene rings is 1. The van der Waals surface area contributed by atoms with Gasteiger partial charge in [0.25, 0.3) is 5.91 Å². The highest BCUT2D eigenvalue weighted by atomic mass is 35.5. The second-order valence-corrected chi connectivity index (χ2v) is 8.35. The maximum absolute atomic E-state index is 12.2. The first-order chi connectivity index (χ1) is 11.7. The molecule has 0 bridgehead atoms. The number of carbonyl (C=O) groups is 1. The molecule has 0 aliphatic heterocycles. The molecule has 0 spiro atoms. The zero-order valence-electron chi connectivity index (χ0n) is 12.9. The molecule has 0 atom stereocenters. The quantitative estimate of drug-likeness (QED) is 0.575. The molecule has 3 aromatic rings. The molecule has 7 heteroatoms. The molecule has 1 amide bonds. The van der Waals surface area contributed by atoms with E-state index in [2.05, 4.69) is 15.8 Å². The topological polar surface area (TPSA) is 34.4 Å². The Hall–Kier alpha value is -1.34. The van der Waals surface area contributed by atoms with Crippen molar-refractivity contribution in [3.05, 3.63) is 56.5 Å². The van der Waals surface area contributed by atoms with Crippen LogP contribution in [0.5, 0.6) is 0 Å². The third kappa shape index (κ3) is 4.19. The highest BCUT2D eigenvalue weighted by Crippen LogP contribution is 2.22. The van der Waals surface area contributed by atoms with Crippen LogP contribution in [0.15, 0.2) is 46.8 Å². The smallest absolute Gasteiger partial charge is 0.272 e. The Morgan fingerprint density at radius 2 is 2.29 bits per heavy atom. The second kappa shape index (κ2) is 8.16. The van der Waals surface area contributed by atoms with Gasteiger partial charge in [0.05, 0.1) is 10.2 Å². The van der Waals surface area contributed by atoms with Crippen LogP contribution in [0.4, 0.5) is 0 Å². The van der Waals surface area contributed by atoms with Gasteiger partial charge in [0, 0.05) is 28.3 Å². The van der Waals surface area contributed by atoms with E-state index in [1.165, 1.54) is 17.4 Å². The molecule has 2 aromatic heterocycles. The summed E-state index contributed by atoms with van der Waals surface area (Å²) in [7, 11) is 0. The van der Waals surface area contributed by atoms with Crippen LogP contribution in [0.2, 0.25) is 5.02 Å². The SMILES string of the molecule is CSCCn1c(=NC(=O)C=Cc2cccs2)sc2cc(Cl)ccc21. The fourth-order valence-electron chi connectivity index (χ4n) is 2.20. The molecule has 3 rings (SSSR count). The minimum atomic E-state index is -0.251. The van der Waals surface area contributed by atoms with Gasteiger partial charge in [-0.1, -0.05) is 29.0 Å². The predicted octanol–water partition coefficient (Wildman–Crippen LogP) is 4.92. The van der Waals surface area contributed by atoms with Gasteiger partial charge in [0.15, 0.2) is 4.80 Å². The first-order valence-corrected chi connectivity index (χ1v) is 10.7. The molecule has 0 fully saturated rings. The van der Waals surface area contributed by atoms with Crippen molar-refractivity contribution in [3.8, 4) is 0 Å². The Morgan fingerprint density at radius 1 is 1.42 bits per heavy atom. The zero-order valence-corrected chi connectivity index (χ0v) is 16.1. The molecule has 1 aromatic carbocycles. The summed E-state index contributed by atoms with van der Waals surface area (Å²) >= 11 is 10.9. The van der Waals surface area contributed by atoms with Gasteiger partial charge in [0.1, 0.15) is 0 Å². The zero-order chi connectivity index (χ0) is 16.9. The second-order valence-electron chi connectivity index (χ2n) is 4.94. The minimum Gasteiger partial charge on any atom is -0.316 e. The van der Waals surface area contributed by atoms with E-state index in [1.54, 1.807) is 29.2 Å². The van der Waals surface area contributed by atoms with Crippen LogP contribution < -0.4 is 4.80 Å². The Balaban J connectivity index is 1.98. The van der Waals surface area contributed by atoms with Crippen LogP contribution in [0.1, 0.15) is 4.88 Å². The molecule has 0 saturated heterocycles. The molecule has 3 nitrogen and oxygen atoms in total. The van der Waals surface area contributed by atoms with Crippen molar-refractivity contribution in [2.24, 2.45) is 4.99 Å². The molecule has 0 unspecified atom stereocenters. The fourth-order valence-corrected chi connectivity index (χ4v) is 4.52. The molecule has 0 aliphatic rings. The highest BCUT2D eigenvalue weighted by molar-refractivity contribution is 7.98. The van der Waals surface area contributed by atoms with Crippen molar-refractivity contribution < 1.29 is 4.79 Å². The third-order valence-corrected chi connectivity index (χ3v) is 6.01. The van der Waals surface area contributed by atoms with Crippen LogP contribution in [0, 0.1) is 0 Å². The number of thioether (sulfide) groups is 1. The maximum Gasteiger partial charge on any atom is 0.272 e. The number of thiazole rings is 1. The van der Waals surface area contributed by atoms with Crippen molar-refractivity contribution in [1.29, 1.82) is 0 Å². The van der Waals surface area contributed by atoms with Gasteiger partial charge in [-0.3, -0.25) is 4.79 Å². The predicted molar refractivity (Wildman–Crippen MR) is 107 cm³/mol. The van der Waals surface area contributed by atoms with Gasteiger partial charge in [-0.2, -0.15) is 16.8 Å². The molecular weight excluding hydrogens is 380 g/mol. The van der Waals surface area contributed by atoms with Crippen LogP contribution in [0.3, 0.4) is 0 Å². The molecule has 0 radical (unpaired) electrons. The molecule has 2 heterocycles. The lowest BCUT2D eigenvalue weighted by molar-refractivity contribution is -0.113. The van der Waals surface area contributed by atoms with E-state index in [0.29, 0.717) is 9.82 Å². The number of hydrogen-bond acceptors (Lipinski definition) is 4. The third-order valence-electron chi connectivity index (χ3n) is 3.30. The number of halogens is 1. The number of carbonyl (C=O) groups excluding carboxylic acids is 1. The first kappa shape index (κ1) is 17.5. The Kier molecular flexibility index (Phi) is 5.94. The lowest BCUT2D eigenvalue weighted by Crippen LogP contribution is -2.17. The normalized spacial score (nSPS) is 12.5. The van der Waals surface area contributed by atoms with E-state index in [-0.39, 0.29) is 5.91 Å². The van der Waals surface area contributed by atoms with Crippen LogP contribution in [-0.4, -0.2) is 22.5 Å². The molecule has 0 saturated carbocycles. The average Bonchev–Trinajstić information content (AvgIpc) is 3.18. The van der Waals surface area contributed by atoms with Gasteiger partial charge >= 0.3 is 0 Å². The summed E-state index contributed by atoms with van der Waals surface area (Å²) in [6, 6.07) is 9.70. The number of benzene rings is 1. The van der Waals surface area contributed by atoms with Crippen LogP contribution in [-0.2, 0) is 11.3 Å². The Bertz CT molecular complexity index is 939.